The number of carboxylic acids is 1. The molecule has 2 N–H and O–H groups in total. The molecule has 2 rings (SSSR count). The molecule has 6 heteroatoms. The van der Waals surface area contributed by atoms with Crippen LogP contribution in [-0.2, 0) is 11.3 Å². The van der Waals surface area contributed by atoms with Crippen LogP contribution in [0.2, 0.25) is 0 Å². The van der Waals surface area contributed by atoms with Crippen LogP contribution in [0.3, 0.4) is 0 Å². The summed E-state index contributed by atoms with van der Waals surface area (Å²) < 4.78 is 5.08. The molecule has 0 unspecified atom stereocenters. The Balaban J connectivity index is 1.66. The van der Waals surface area contributed by atoms with Crippen molar-refractivity contribution in [3.8, 4) is 0 Å². The second-order valence-corrected chi connectivity index (χ2v) is 5.47. The Hall–Kier alpha value is -2.60. The van der Waals surface area contributed by atoms with E-state index in [0.717, 1.165) is 5.56 Å². The number of thiophene rings is 1. The van der Waals surface area contributed by atoms with Crippen LogP contribution in [-0.4, -0.2) is 23.7 Å². The topological polar surface area (TPSA) is 75.6 Å². The first-order chi connectivity index (χ1) is 11.2. The average molecular weight is 331 g/mol. The minimum Gasteiger partial charge on any atom is -0.478 e. The van der Waals surface area contributed by atoms with Crippen LogP contribution >= 0.6 is 11.3 Å². The van der Waals surface area contributed by atoms with Gasteiger partial charge in [0, 0.05) is 11.9 Å². The number of carboxylic acid groups (broad SMARTS) is 1. The first-order valence-electron chi connectivity index (χ1n) is 7.07. The molecule has 5 nitrogen and oxygen atoms in total. The molecule has 2 aromatic rings. The van der Waals surface area contributed by atoms with Crippen molar-refractivity contribution in [1.29, 1.82) is 0 Å². The molecule has 0 saturated heterocycles. The lowest BCUT2D eigenvalue weighted by Gasteiger charge is -2.05. The Morgan fingerprint density at radius 1 is 1.22 bits per heavy atom. The number of alkyl carbamates (subject to hydrolysis) is 1. The third-order valence-electron chi connectivity index (χ3n) is 3.01. The zero-order chi connectivity index (χ0) is 16.5. The number of ether oxygens (including phenoxy) is 1. The van der Waals surface area contributed by atoms with Crippen molar-refractivity contribution >= 4 is 29.5 Å². The third kappa shape index (κ3) is 5.60. The summed E-state index contributed by atoms with van der Waals surface area (Å²) in [5, 5.41) is 15.0. The molecule has 1 heterocycles. The van der Waals surface area contributed by atoms with Crippen molar-refractivity contribution in [2.24, 2.45) is 0 Å². The summed E-state index contributed by atoms with van der Waals surface area (Å²) in [6.45, 7) is 0.663. The van der Waals surface area contributed by atoms with E-state index in [1.54, 1.807) is 16.8 Å². The van der Waals surface area contributed by atoms with Gasteiger partial charge in [-0.15, -0.1) is 0 Å². The Bertz CT molecular complexity index is 679. The predicted molar refractivity (Wildman–Crippen MR) is 89.6 cm³/mol. The molecule has 0 atom stereocenters. The number of benzene rings is 1. The van der Waals surface area contributed by atoms with Gasteiger partial charge in [-0.05, 0) is 22.9 Å². The fraction of sp³-hybridized carbons (Fsp3) is 0.176. The molecule has 1 amide bonds. The minimum absolute atomic E-state index is 0.236. The van der Waals surface area contributed by atoms with Gasteiger partial charge in [-0.1, -0.05) is 42.5 Å². The molecular weight excluding hydrogens is 314 g/mol. The smallest absolute Gasteiger partial charge is 0.407 e. The highest BCUT2D eigenvalue weighted by atomic mass is 32.1. The second kappa shape index (κ2) is 8.75. The van der Waals surface area contributed by atoms with Crippen molar-refractivity contribution in [3.05, 3.63) is 63.9 Å². The first kappa shape index (κ1) is 16.8. The van der Waals surface area contributed by atoms with Gasteiger partial charge >= 0.3 is 12.1 Å². The number of hydrogen-bond donors (Lipinski definition) is 2. The van der Waals surface area contributed by atoms with Crippen LogP contribution in [0.25, 0.3) is 6.08 Å². The molecule has 0 saturated carbocycles. The predicted octanol–water partition coefficient (Wildman–Crippen LogP) is 3.78. The molecule has 0 spiro atoms. The summed E-state index contributed by atoms with van der Waals surface area (Å²) in [5.41, 5.74) is 1.90. The van der Waals surface area contributed by atoms with Gasteiger partial charge in [0.25, 0.3) is 0 Å². The second-order valence-electron chi connectivity index (χ2n) is 4.73. The maximum absolute atomic E-state index is 11.5. The van der Waals surface area contributed by atoms with Crippen molar-refractivity contribution in [3.63, 3.8) is 0 Å². The van der Waals surface area contributed by atoms with Gasteiger partial charge in [-0.25, -0.2) is 9.59 Å². The van der Waals surface area contributed by atoms with E-state index >= 15 is 0 Å². The molecular formula is C17H17NO4S. The number of rotatable bonds is 7. The van der Waals surface area contributed by atoms with Crippen molar-refractivity contribution < 1.29 is 19.4 Å². The van der Waals surface area contributed by atoms with Crippen LogP contribution in [0, 0.1) is 0 Å². The Morgan fingerprint density at radius 2 is 2.00 bits per heavy atom. The lowest BCUT2D eigenvalue weighted by molar-refractivity contribution is 0.0697. The standard InChI is InChI=1S/C17H17NO4S/c19-16(20)15-12-23-11-14(15)8-4-5-9-18-17(21)22-10-13-6-2-1-3-7-13/h1-4,6-8,11-12H,5,9-10H2,(H,18,21)(H,19,20). The van der Waals surface area contributed by atoms with Crippen LogP contribution in [0.15, 0.2) is 47.2 Å². The lowest BCUT2D eigenvalue weighted by Crippen LogP contribution is -2.24. The van der Waals surface area contributed by atoms with E-state index < -0.39 is 12.1 Å². The molecule has 0 aliphatic rings. The van der Waals surface area contributed by atoms with E-state index in [1.807, 2.05) is 36.4 Å². The van der Waals surface area contributed by atoms with E-state index in [4.69, 9.17) is 9.84 Å². The molecule has 23 heavy (non-hydrogen) atoms. The molecule has 0 aliphatic carbocycles. The Morgan fingerprint density at radius 3 is 2.74 bits per heavy atom. The number of carbonyl (C=O) groups is 2. The van der Waals surface area contributed by atoms with Gasteiger partial charge < -0.3 is 15.2 Å². The Kier molecular flexibility index (Phi) is 6.38. The van der Waals surface area contributed by atoms with E-state index in [-0.39, 0.29) is 6.61 Å². The van der Waals surface area contributed by atoms with E-state index in [2.05, 4.69) is 5.32 Å². The zero-order valence-corrected chi connectivity index (χ0v) is 13.2. The van der Waals surface area contributed by atoms with Gasteiger partial charge in [-0.2, -0.15) is 11.3 Å². The van der Waals surface area contributed by atoms with Crippen molar-refractivity contribution in [1.82, 2.24) is 5.32 Å². The fourth-order valence-electron chi connectivity index (χ4n) is 1.85. The summed E-state index contributed by atoms with van der Waals surface area (Å²) in [5.74, 6) is -0.937. The average Bonchev–Trinajstić information content (AvgIpc) is 3.02. The molecule has 0 aliphatic heterocycles. The van der Waals surface area contributed by atoms with Crippen molar-refractivity contribution in [2.75, 3.05) is 6.54 Å². The summed E-state index contributed by atoms with van der Waals surface area (Å²) >= 11 is 1.35. The Labute approximate surface area is 138 Å². The maximum Gasteiger partial charge on any atom is 0.407 e. The number of nitrogens with one attached hydrogen (secondary N) is 1. The largest absolute Gasteiger partial charge is 0.478 e. The lowest BCUT2D eigenvalue weighted by atomic mass is 10.2. The number of amides is 1. The summed E-state index contributed by atoms with van der Waals surface area (Å²) in [6.07, 6.45) is 3.70. The van der Waals surface area contributed by atoms with E-state index in [1.165, 1.54) is 11.3 Å². The van der Waals surface area contributed by atoms with Gasteiger partial charge in [-0.3, -0.25) is 0 Å². The minimum atomic E-state index is -0.937. The first-order valence-corrected chi connectivity index (χ1v) is 8.01. The number of hydrogen-bond acceptors (Lipinski definition) is 4. The summed E-state index contributed by atoms with van der Waals surface area (Å²) in [6, 6.07) is 9.45. The van der Waals surface area contributed by atoms with Gasteiger partial charge in [0.15, 0.2) is 0 Å². The van der Waals surface area contributed by atoms with Crippen LogP contribution in [0.1, 0.15) is 27.9 Å². The quantitative estimate of drug-likeness (QED) is 0.757. The van der Waals surface area contributed by atoms with Crippen LogP contribution in [0.4, 0.5) is 4.79 Å². The molecule has 0 bridgehead atoms. The number of aromatic carboxylic acids is 1. The monoisotopic (exact) mass is 331 g/mol. The van der Waals surface area contributed by atoms with Gasteiger partial charge in [0.2, 0.25) is 0 Å². The molecule has 0 radical (unpaired) electrons. The highest BCUT2D eigenvalue weighted by Crippen LogP contribution is 2.16. The molecule has 0 fully saturated rings. The molecule has 1 aromatic carbocycles. The van der Waals surface area contributed by atoms with Gasteiger partial charge in [0.05, 0.1) is 5.56 Å². The summed E-state index contributed by atoms with van der Waals surface area (Å²) in [4.78, 5) is 22.5. The third-order valence-corrected chi connectivity index (χ3v) is 3.77. The molecule has 120 valence electrons. The van der Waals surface area contributed by atoms with Crippen molar-refractivity contribution in [2.45, 2.75) is 13.0 Å². The van der Waals surface area contributed by atoms with Gasteiger partial charge in [0.1, 0.15) is 6.61 Å². The van der Waals surface area contributed by atoms with Crippen LogP contribution in [0.5, 0.6) is 0 Å². The maximum atomic E-state index is 11.5. The van der Waals surface area contributed by atoms with E-state index in [0.29, 0.717) is 24.1 Å². The highest BCUT2D eigenvalue weighted by molar-refractivity contribution is 7.08. The normalized spacial score (nSPS) is 10.6. The van der Waals surface area contributed by atoms with E-state index in [9.17, 15) is 9.59 Å². The fourth-order valence-corrected chi connectivity index (χ4v) is 2.65. The number of carbonyl (C=O) groups excluding carboxylic acids is 1. The highest BCUT2D eigenvalue weighted by Gasteiger charge is 2.07. The zero-order valence-electron chi connectivity index (χ0n) is 12.4. The SMILES string of the molecule is O=C(NCCC=Cc1cscc1C(=O)O)OCc1ccccc1. The molecule has 1 aromatic heterocycles. The summed E-state index contributed by atoms with van der Waals surface area (Å²) in [7, 11) is 0. The van der Waals surface area contributed by atoms with Crippen LogP contribution < -0.4 is 5.32 Å².